The van der Waals surface area contributed by atoms with E-state index in [0.29, 0.717) is 11.3 Å². The van der Waals surface area contributed by atoms with Crippen LogP contribution in [0.3, 0.4) is 0 Å². The van der Waals surface area contributed by atoms with E-state index in [1.807, 2.05) is 0 Å². The van der Waals surface area contributed by atoms with Crippen LogP contribution in [0.15, 0.2) is 18.2 Å². The number of anilines is 1. The molecule has 1 amide bonds. The molecule has 1 aromatic carbocycles. The second-order valence-corrected chi connectivity index (χ2v) is 6.74. The maximum atomic E-state index is 13.0. The number of hydrogen-bond donors (Lipinski definition) is 2. The third kappa shape index (κ3) is 5.35. The van der Waals surface area contributed by atoms with Crippen LogP contribution in [-0.4, -0.2) is 32.4 Å². The fourth-order valence-corrected chi connectivity index (χ4v) is 2.11. The molecule has 106 valence electrons. The number of amides is 1. The van der Waals surface area contributed by atoms with Crippen molar-refractivity contribution in [2.75, 3.05) is 17.3 Å². The van der Waals surface area contributed by atoms with Crippen LogP contribution < -0.4 is 11.1 Å². The molecule has 3 N–H and O–H groups in total. The lowest BCUT2D eigenvalue weighted by Gasteiger charge is -2.12. The highest BCUT2D eigenvalue weighted by Gasteiger charge is 2.16. The minimum Gasteiger partial charge on any atom is -0.325 e. The molecule has 0 aliphatic heterocycles. The molecule has 1 aromatic rings. The molecule has 1 atom stereocenters. The van der Waals surface area contributed by atoms with Gasteiger partial charge in [0.1, 0.15) is 15.7 Å². The number of hydrogen-bond acceptors (Lipinski definition) is 4. The minimum absolute atomic E-state index is 0.0465. The van der Waals surface area contributed by atoms with Crippen LogP contribution in [0.1, 0.15) is 12.0 Å². The van der Waals surface area contributed by atoms with Gasteiger partial charge < -0.3 is 11.1 Å². The van der Waals surface area contributed by atoms with Gasteiger partial charge in [0.05, 0.1) is 11.8 Å². The molecule has 1 unspecified atom stereocenters. The Morgan fingerprint density at radius 3 is 2.63 bits per heavy atom. The lowest BCUT2D eigenvalue weighted by molar-refractivity contribution is -0.117. The molecule has 0 saturated heterocycles. The lowest BCUT2D eigenvalue weighted by Crippen LogP contribution is -2.37. The fraction of sp³-hybridized carbons (Fsp3) is 0.417. The zero-order valence-corrected chi connectivity index (χ0v) is 11.6. The first-order valence-corrected chi connectivity index (χ1v) is 7.75. The van der Waals surface area contributed by atoms with Gasteiger partial charge in [-0.3, -0.25) is 4.79 Å². The number of nitrogens with one attached hydrogen (secondary N) is 1. The lowest BCUT2D eigenvalue weighted by atomic mass is 10.2. The van der Waals surface area contributed by atoms with Gasteiger partial charge in [0.25, 0.3) is 0 Å². The highest BCUT2D eigenvalue weighted by Crippen LogP contribution is 2.14. The van der Waals surface area contributed by atoms with Gasteiger partial charge in [0.15, 0.2) is 0 Å². The summed E-state index contributed by atoms with van der Waals surface area (Å²) in [4.78, 5) is 11.7. The third-order valence-electron chi connectivity index (χ3n) is 2.56. The standard InChI is InChI=1S/C12H17FN2O3S/c1-8-7-9(3-4-10(8)13)15-12(16)11(14)5-6-19(2,17)18/h3-4,7,11H,5-6,14H2,1-2H3,(H,15,16). The Bertz CT molecular complexity index is 572. The number of rotatable bonds is 5. The molecule has 7 heteroatoms. The van der Waals surface area contributed by atoms with E-state index >= 15 is 0 Å². The van der Waals surface area contributed by atoms with Crippen molar-refractivity contribution in [3.05, 3.63) is 29.6 Å². The Balaban J connectivity index is 2.61. The highest BCUT2D eigenvalue weighted by atomic mass is 32.2. The van der Waals surface area contributed by atoms with Crippen molar-refractivity contribution in [3.8, 4) is 0 Å². The Hall–Kier alpha value is -1.47. The van der Waals surface area contributed by atoms with Gasteiger partial charge in [0.2, 0.25) is 5.91 Å². The number of nitrogens with two attached hydrogens (primary N) is 1. The van der Waals surface area contributed by atoms with Crippen LogP contribution >= 0.6 is 0 Å². The van der Waals surface area contributed by atoms with Crippen molar-refractivity contribution in [1.29, 1.82) is 0 Å². The van der Waals surface area contributed by atoms with Crippen LogP contribution in [0.5, 0.6) is 0 Å². The maximum Gasteiger partial charge on any atom is 0.241 e. The average molecular weight is 288 g/mol. The first-order valence-electron chi connectivity index (χ1n) is 5.69. The summed E-state index contributed by atoms with van der Waals surface area (Å²) >= 11 is 0. The van der Waals surface area contributed by atoms with Crippen LogP contribution in [-0.2, 0) is 14.6 Å². The molecular weight excluding hydrogens is 271 g/mol. The monoisotopic (exact) mass is 288 g/mol. The van der Waals surface area contributed by atoms with Crippen molar-refractivity contribution in [2.24, 2.45) is 5.73 Å². The van der Waals surface area contributed by atoms with E-state index in [4.69, 9.17) is 5.73 Å². The van der Waals surface area contributed by atoms with Crippen LogP contribution in [0, 0.1) is 12.7 Å². The predicted molar refractivity (Wildman–Crippen MR) is 72.1 cm³/mol. The molecule has 0 aromatic heterocycles. The van der Waals surface area contributed by atoms with E-state index in [1.54, 1.807) is 6.92 Å². The first kappa shape index (κ1) is 15.6. The van der Waals surface area contributed by atoms with Gasteiger partial charge in [0, 0.05) is 11.9 Å². The summed E-state index contributed by atoms with van der Waals surface area (Å²) in [6.07, 6.45) is 1.13. The van der Waals surface area contributed by atoms with Crippen molar-refractivity contribution in [2.45, 2.75) is 19.4 Å². The van der Waals surface area contributed by atoms with Crippen molar-refractivity contribution >= 4 is 21.4 Å². The van der Waals surface area contributed by atoms with Crippen molar-refractivity contribution < 1.29 is 17.6 Å². The molecule has 0 radical (unpaired) electrons. The van der Waals surface area contributed by atoms with Gasteiger partial charge in [-0.2, -0.15) is 0 Å². The van der Waals surface area contributed by atoms with Gasteiger partial charge in [-0.25, -0.2) is 12.8 Å². The van der Waals surface area contributed by atoms with E-state index in [2.05, 4.69) is 5.32 Å². The Labute approximate surface area is 111 Å². The molecule has 0 aliphatic rings. The fourth-order valence-electron chi connectivity index (χ4n) is 1.43. The SMILES string of the molecule is Cc1cc(NC(=O)C(N)CCS(C)(=O)=O)ccc1F. The van der Waals surface area contributed by atoms with Crippen molar-refractivity contribution in [1.82, 2.24) is 0 Å². The molecule has 0 bridgehead atoms. The third-order valence-corrected chi connectivity index (χ3v) is 3.54. The smallest absolute Gasteiger partial charge is 0.241 e. The second-order valence-electron chi connectivity index (χ2n) is 4.48. The van der Waals surface area contributed by atoms with E-state index in [9.17, 15) is 17.6 Å². The summed E-state index contributed by atoms with van der Waals surface area (Å²) in [5.74, 6) is -1.00. The quantitative estimate of drug-likeness (QED) is 0.840. The molecule has 1 rings (SSSR count). The molecule has 0 heterocycles. The number of carbonyl (C=O) groups is 1. The molecule has 0 spiro atoms. The number of benzene rings is 1. The van der Waals surface area contributed by atoms with E-state index in [1.165, 1.54) is 18.2 Å². The topological polar surface area (TPSA) is 89.3 Å². The summed E-state index contributed by atoms with van der Waals surface area (Å²) in [6.45, 7) is 1.58. The zero-order valence-electron chi connectivity index (χ0n) is 10.8. The second kappa shape index (κ2) is 6.12. The number of sulfone groups is 1. The molecule has 0 saturated carbocycles. The summed E-state index contributed by atoms with van der Waals surface area (Å²) in [7, 11) is -3.15. The molecule has 0 aliphatic carbocycles. The van der Waals surface area contributed by atoms with Crippen LogP contribution in [0.2, 0.25) is 0 Å². The average Bonchev–Trinajstić information content (AvgIpc) is 2.29. The predicted octanol–water partition coefficient (Wildman–Crippen LogP) is 0.835. The van der Waals surface area contributed by atoms with E-state index in [-0.39, 0.29) is 18.0 Å². The minimum atomic E-state index is -3.15. The Kier molecular flexibility index (Phi) is 5.02. The number of aryl methyl sites for hydroxylation is 1. The molecule has 19 heavy (non-hydrogen) atoms. The number of carbonyl (C=O) groups excluding carboxylic acids is 1. The van der Waals surface area contributed by atoms with Crippen LogP contribution in [0.25, 0.3) is 0 Å². The molecule has 5 nitrogen and oxygen atoms in total. The van der Waals surface area contributed by atoms with Crippen molar-refractivity contribution in [3.63, 3.8) is 0 Å². The Morgan fingerprint density at radius 1 is 1.47 bits per heavy atom. The first-order chi connectivity index (χ1) is 8.69. The molecule has 0 fully saturated rings. The van der Waals surface area contributed by atoms with Gasteiger partial charge in [-0.1, -0.05) is 0 Å². The largest absolute Gasteiger partial charge is 0.325 e. The maximum absolute atomic E-state index is 13.0. The molecular formula is C12H17FN2O3S. The summed E-state index contributed by atoms with van der Waals surface area (Å²) in [6, 6.07) is 3.23. The van der Waals surface area contributed by atoms with Crippen LogP contribution in [0.4, 0.5) is 10.1 Å². The van der Waals surface area contributed by atoms with E-state index in [0.717, 1.165) is 6.26 Å². The number of halogens is 1. The van der Waals surface area contributed by atoms with Gasteiger partial charge in [-0.15, -0.1) is 0 Å². The Morgan fingerprint density at radius 2 is 2.11 bits per heavy atom. The van der Waals surface area contributed by atoms with E-state index < -0.39 is 21.8 Å². The summed E-state index contributed by atoms with van der Waals surface area (Å²) < 4.78 is 35.0. The van der Waals surface area contributed by atoms with Gasteiger partial charge in [-0.05, 0) is 37.1 Å². The zero-order chi connectivity index (χ0) is 14.6. The highest BCUT2D eigenvalue weighted by molar-refractivity contribution is 7.90. The summed E-state index contributed by atoms with van der Waals surface area (Å²) in [5, 5.41) is 2.52. The van der Waals surface area contributed by atoms with Gasteiger partial charge >= 0.3 is 0 Å². The normalized spacial score (nSPS) is 13.1. The summed E-state index contributed by atoms with van der Waals surface area (Å²) in [5.41, 5.74) is 6.42.